The van der Waals surface area contributed by atoms with Gasteiger partial charge in [0.1, 0.15) is 0 Å². The molecule has 9 heteroatoms. The number of halogens is 2. The highest BCUT2D eigenvalue weighted by Crippen LogP contribution is 2.41. The van der Waals surface area contributed by atoms with Crippen LogP contribution in [0.1, 0.15) is 53.6 Å². The number of nitrogens with one attached hydrogen (secondary N) is 2. The summed E-state index contributed by atoms with van der Waals surface area (Å²) >= 11 is 14.1. The van der Waals surface area contributed by atoms with Crippen LogP contribution in [-0.4, -0.2) is 28.5 Å². The fraction of sp³-hybridized carbons (Fsp3) is 0.219. The quantitative estimate of drug-likeness (QED) is 0.168. The second kappa shape index (κ2) is 13.3. The number of amides is 1. The third-order valence-corrected chi connectivity index (χ3v) is 8.71. The van der Waals surface area contributed by atoms with Crippen LogP contribution in [0.25, 0.3) is 27.3 Å². The molecule has 3 aromatic carbocycles. The largest absolute Gasteiger partial charge is 0.481 e. The number of thiazole rings is 1. The zero-order valence-corrected chi connectivity index (χ0v) is 24.6. The molecule has 0 spiro atoms. The predicted octanol–water partition coefficient (Wildman–Crippen LogP) is 8.56. The van der Waals surface area contributed by atoms with Crippen LogP contribution >= 0.6 is 34.5 Å². The van der Waals surface area contributed by atoms with E-state index < -0.39 is 5.97 Å². The summed E-state index contributed by atoms with van der Waals surface area (Å²) in [5.74, 6) is -1.25. The standard InChI is InChI=1S/C32H29Cl2N3O3S/c33-26-15-14-25(18-27(26)34)29-30(23-12-10-22(11-13-23)21-4-2-1-3-5-21)41-32(37-29)36-19-20-6-8-24(9-7-20)31(40)35-17-16-28(38)39/h4,6-15,18H,1-3,5,16-17,19H2,(H,35,40)(H,36,37)(H,38,39). The third kappa shape index (κ3) is 7.36. The molecule has 210 valence electrons. The molecule has 41 heavy (non-hydrogen) atoms. The zero-order chi connectivity index (χ0) is 28.8. The van der Waals surface area contributed by atoms with E-state index in [0.717, 1.165) is 45.2 Å². The highest BCUT2D eigenvalue weighted by atomic mass is 35.5. The Morgan fingerprint density at radius 2 is 1.63 bits per heavy atom. The van der Waals surface area contributed by atoms with Crippen molar-refractivity contribution in [2.24, 2.45) is 0 Å². The SMILES string of the molecule is O=C(O)CCNC(=O)c1ccc(CNc2nc(-c3ccc(Cl)c(Cl)c3)c(-c3ccc(C4=CCCCC4)cc3)s2)cc1. The van der Waals surface area contributed by atoms with Gasteiger partial charge >= 0.3 is 5.97 Å². The Labute approximate surface area is 253 Å². The molecule has 0 unspecified atom stereocenters. The van der Waals surface area contributed by atoms with Crippen molar-refractivity contribution in [3.8, 4) is 21.7 Å². The Balaban J connectivity index is 1.35. The second-order valence-corrected chi connectivity index (χ2v) is 11.6. The van der Waals surface area contributed by atoms with Crippen molar-refractivity contribution in [3.05, 3.63) is 99.5 Å². The molecule has 6 nitrogen and oxygen atoms in total. The van der Waals surface area contributed by atoms with Crippen LogP contribution in [-0.2, 0) is 11.3 Å². The van der Waals surface area contributed by atoms with Gasteiger partial charge in [-0.1, -0.05) is 83.1 Å². The number of allylic oxidation sites excluding steroid dienone is 2. The number of hydrogen-bond donors (Lipinski definition) is 3. The summed E-state index contributed by atoms with van der Waals surface area (Å²) in [5.41, 5.74) is 6.93. The summed E-state index contributed by atoms with van der Waals surface area (Å²) in [7, 11) is 0. The molecule has 3 N–H and O–H groups in total. The number of anilines is 1. The number of hydrogen-bond acceptors (Lipinski definition) is 5. The maximum absolute atomic E-state index is 12.2. The van der Waals surface area contributed by atoms with Crippen LogP contribution in [0.2, 0.25) is 10.0 Å². The van der Waals surface area contributed by atoms with E-state index in [2.05, 4.69) is 41.0 Å². The van der Waals surface area contributed by atoms with Crippen molar-refractivity contribution in [2.75, 3.05) is 11.9 Å². The minimum absolute atomic E-state index is 0.0889. The molecular formula is C32H29Cl2N3O3S. The first-order chi connectivity index (χ1) is 19.9. The van der Waals surface area contributed by atoms with Gasteiger partial charge in [-0.15, -0.1) is 0 Å². The minimum Gasteiger partial charge on any atom is -0.481 e. The lowest BCUT2D eigenvalue weighted by molar-refractivity contribution is -0.136. The monoisotopic (exact) mass is 605 g/mol. The summed E-state index contributed by atoms with van der Waals surface area (Å²) < 4.78 is 0. The summed E-state index contributed by atoms with van der Waals surface area (Å²) in [4.78, 5) is 28.9. The molecule has 4 aromatic rings. The molecule has 0 fully saturated rings. The van der Waals surface area contributed by atoms with Crippen LogP contribution in [0.4, 0.5) is 5.13 Å². The average molecular weight is 607 g/mol. The molecule has 0 radical (unpaired) electrons. The van der Waals surface area contributed by atoms with E-state index in [9.17, 15) is 9.59 Å². The van der Waals surface area contributed by atoms with Gasteiger partial charge in [0.15, 0.2) is 5.13 Å². The lowest BCUT2D eigenvalue weighted by Crippen LogP contribution is -2.25. The summed E-state index contributed by atoms with van der Waals surface area (Å²) in [6.07, 6.45) is 7.01. The van der Waals surface area contributed by atoms with E-state index in [-0.39, 0.29) is 18.9 Å². The minimum atomic E-state index is -0.950. The zero-order valence-electron chi connectivity index (χ0n) is 22.3. The van der Waals surface area contributed by atoms with Crippen LogP contribution in [0, 0.1) is 0 Å². The van der Waals surface area contributed by atoms with E-state index in [4.69, 9.17) is 33.3 Å². The first kappa shape index (κ1) is 28.9. The third-order valence-electron chi connectivity index (χ3n) is 6.91. The van der Waals surface area contributed by atoms with Crippen molar-refractivity contribution < 1.29 is 14.7 Å². The maximum Gasteiger partial charge on any atom is 0.305 e. The predicted molar refractivity (Wildman–Crippen MR) is 168 cm³/mol. The average Bonchev–Trinajstić information content (AvgIpc) is 3.42. The molecule has 1 aliphatic rings. The Hall–Kier alpha value is -3.65. The van der Waals surface area contributed by atoms with Gasteiger partial charge in [0.2, 0.25) is 0 Å². The lowest BCUT2D eigenvalue weighted by atomic mass is 9.93. The van der Waals surface area contributed by atoms with Gasteiger partial charge in [-0.2, -0.15) is 0 Å². The Bertz CT molecular complexity index is 1580. The van der Waals surface area contributed by atoms with E-state index in [1.54, 1.807) is 29.5 Å². The summed E-state index contributed by atoms with van der Waals surface area (Å²) in [6, 6.07) is 21.4. The number of rotatable bonds is 10. The molecule has 1 amide bonds. The van der Waals surface area contributed by atoms with Crippen molar-refractivity contribution in [3.63, 3.8) is 0 Å². The smallest absolute Gasteiger partial charge is 0.305 e. The van der Waals surface area contributed by atoms with E-state index in [1.165, 1.54) is 24.0 Å². The normalized spacial score (nSPS) is 13.0. The molecule has 1 aromatic heterocycles. The molecule has 0 aliphatic heterocycles. The number of aromatic nitrogens is 1. The maximum atomic E-state index is 12.2. The number of aliphatic carboxylic acids is 1. The van der Waals surface area contributed by atoms with Gasteiger partial charge < -0.3 is 15.7 Å². The van der Waals surface area contributed by atoms with Gasteiger partial charge in [-0.3, -0.25) is 9.59 Å². The number of carboxylic acids is 1. The first-order valence-electron chi connectivity index (χ1n) is 13.5. The highest BCUT2D eigenvalue weighted by Gasteiger charge is 2.17. The van der Waals surface area contributed by atoms with E-state index in [0.29, 0.717) is 22.2 Å². The fourth-order valence-corrected chi connectivity index (χ4v) is 5.99. The topological polar surface area (TPSA) is 91.3 Å². The van der Waals surface area contributed by atoms with Gasteiger partial charge in [0.05, 0.1) is 27.0 Å². The van der Waals surface area contributed by atoms with Crippen LogP contribution in [0.5, 0.6) is 0 Å². The fourth-order valence-electron chi connectivity index (χ4n) is 4.70. The van der Waals surface area contributed by atoms with Gasteiger partial charge in [-0.25, -0.2) is 4.98 Å². The first-order valence-corrected chi connectivity index (χ1v) is 15.0. The number of carbonyl (C=O) groups is 2. The molecule has 5 rings (SSSR count). The Morgan fingerprint density at radius 3 is 2.32 bits per heavy atom. The van der Waals surface area contributed by atoms with Gasteiger partial charge in [0.25, 0.3) is 5.91 Å². The van der Waals surface area contributed by atoms with E-state index >= 15 is 0 Å². The molecule has 0 atom stereocenters. The highest BCUT2D eigenvalue weighted by molar-refractivity contribution is 7.19. The second-order valence-electron chi connectivity index (χ2n) is 9.83. The number of nitrogens with zero attached hydrogens (tertiary/aromatic N) is 1. The number of carboxylic acid groups (broad SMARTS) is 1. The van der Waals surface area contributed by atoms with Crippen LogP contribution < -0.4 is 10.6 Å². The number of carbonyl (C=O) groups excluding carboxylic acids is 1. The Morgan fingerprint density at radius 1 is 0.902 bits per heavy atom. The van der Waals surface area contributed by atoms with Crippen molar-refractivity contribution in [2.45, 2.75) is 38.6 Å². The van der Waals surface area contributed by atoms with Gasteiger partial charge in [-0.05, 0) is 72.2 Å². The molecular weight excluding hydrogens is 577 g/mol. The Kier molecular flexibility index (Phi) is 9.39. The lowest BCUT2D eigenvalue weighted by Gasteiger charge is -2.13. The molecule has 1 heterocycles. The molecule has 0 bridgehead atoms. The van der Waals surface area contributed by atoms with Crippen LogP contribution in [0.15, 0.2) is 72.8 Å². The van der Waals surface area contributed by atoms with Crippen molar-refractivity contribution in [1.82, 2.24) is 10.3 Å². The van der Waals surface area contributed by atoms with Crippen molar-refractivity contribution >= 4 is 57.1 Å². The molecule has 0 saturated carbocycles. The van der Waals surface area contributed by atoms with Crippen molar-refractivity contribution in [1.29, 1.82) is 0 Å². The summed E-state index contributed by atoms with van der Waals surface area (Å²) in [6.45, 7) is 0.605. The van der Waals surface area contributed by atoms with Crippen LogP contribution in [0.3, 0.4) is 0 Å². The molecule has 1 aliphatic carbocycles. The molecule has 0 saturated heterocycles. The number of benzene rings is 3. The summed E-state index contributed by atoms with van der Waals surface area (Å²) in [5, 5.41) is 16.5. The van der Waals surface area contributed by atoms with E-state index in [1.807, 2.05) is 24.3 Å². The van der Waals surface area contributed by atoms with Gasteiger partial charge in [0, 0.05) is 24.2 Å².